The number of fused-ring (bicyclic) bond motifs is 12. The lowest BCUT2D eigenvalue weighted by molar-refractivity contribution is 0.991. The summed E-state index contributed by atoms with van der Waals surface area (Å²) in [5, 5.41) is 7.87. The molecule has 6 heteroatoms. The van der Waals surface area contributed by atoms with Crippen LogP contribution in [0.1, 0.15) is 5.48 Å². The molecule has 0 bridgehead atoms. The van der Waals surface area contributed by atoms with Gasteiger partial charge in [-0.2, -0.15) is 0 Å². The molecule has 0 N–H and O–H groups in total. The molecule has 0 atom stereocenters. The number of para-hydroxylation sites is 8. The molecule has 0 amide bonds. The standard InChI is InChI=1S/C64H40N6/c1-9-30-52-44(21-1)45-22-2-10-31-53(45)67(52)42-20-17-19-41(39-42)43-29-18-38-60(68-54-32-11-3-23-46(54)47-24-4-12-33-55(47)68)63(43)64-65-61(69-56-34-13-5-25-48(56)49-26-6-14-35-57(49)69)40-62(66-64)70-58-36-15-7-27-50(58)51-28-8-16-37-59(51)70/h1-40H/i5D,13D,25D,34D. The Balaban J connectivity index is 1.10. The van der Waals surface area contributed by atoms with E-state index in [0.717, 1.165) is 82.7 Å². The summed E-state index contributed by atoms with van der Waals surface area (Å²) in [6, 6.07) is 74.8. The van der Waals surface area contributed by atoms with Gasteiger partial charge in [-0.05, 0) is 77.8 Å². The maximum atomic E-state index is 9.52. The lowest BCUT2D eigenvalue weighted by Crippen LogP contribution is -2.08. The Morgan fingerprint density at radius 2 is 0.714 bits per heavy atom. The Kier molecular flexibility index (Phi) is 7.44. The minimum Gasteiger partial charge on any atom is -0.309 e. The number of hydrogen-bond acceptors (Lipinski definition) is 2. The first-order valence-corrected chi connectivity index (χ1v) is 23.5. The van der Waals surface area contributed by atoms with Crippen molar-refractivity contribution in [2.75, 3.05) is 0 Å². The average molecular weight is 897 g/mol. The van der Waals surface area contributed by atoms with Crippen molar-refractivity contribution in [1.29, 1.82) is 0 Å². The van der Waals surface area contributed by atoms with E-state index < -0.39 is 0 Å². The van der Waals surface area contributed by atoms with E-state index in [1.165, 1.54) is 10.8 Å². The van der Waals surface area contributed by atoms with Gasteiger partial charge < -0.3 is 9.13 Å². The zero-order valence-corrected chi connectivity index (χ0v) is 37.5. The number of aromatic nitrogens is 6. The second-order valence-electron chi connectivity index (χ2n) is 17.8. The molecule has 70 heavy (non-hydrogen) atoms. The fraction of sp³-hybridized carbons (Fsp3) is 0. The minimum absolute atomic E-state index is 0.102. The van der Waals surface area contributed by atoms with Gasteiger partial charge in [-0.25, -0.2) is 9.97 Å². The molecule has 0 aliphatic rings. The quantitative estimate of drug-likeness (QED) is 0.167. The van der Waals surface area contributed by atoms with Crippen molar-refractivity contribution in [2.24, 2.45) is 0 Å². The van der Waals surface area contributed by atoms with E-state index in [0.29, 0.717) is 39.3 Å². The molecular weight excluding hydrogens is 853 g/mol. The summed E-state index contributed by atoms with van der Waals surface area (Å²) in [6.45, 7) is 0. The van der Waals surface area contributed by atoms with Crippen LogP contribution in [0.4, 0.5) is 0 Å². The van der Waals surface area contributed by atoms with E-state index in [2.05, 4.69) is 190 Å². The molecule has 0 aliphatic carbocycles. The maximum absolute atomic E-state index is 9.52. The summed E-state index contributed by atoms with van der Waals surface area (Å²) in [4.78, 5) is 11.4. The Bertz CT molecular complexity index is 4710. The largest absolute Gasteiger partial charge is 0.309 e. The third-order valence-electron chi connectivity index (χ3n) is 14.1. The molecule has 326 valence electrons. The summed E-state index contributed by atoms with van der Waals surface area (Å²) >= 11 is 0. The monoisotopic (exact) mass is 896 g/mol. The minimum atomic E-state index is -0.314. The normalized spacial score (nSPS) is 12.8. The van der Waals surface area contributed by atoms with Crippen LogP contribution in [0.25, 0.3) is 133 Å². The fourth-order valence-electron chi connectivity index (χ4n) is 11.2. The topological polar surface area (TPSA) is 45.5 Å². The first-order chi connectivity index (χ1) is 36.4. The van der Waals surface area contributed by atoms with Crippen molar-refractivity contribution in [1.82, 2.24) is 28.2 Å². The molecule has 0 saturated heterocycles. The Labute approximate surface area is 407 Å². The lowest BCUT2D eigenvalue weighted by Gasteiger charge is -2.20. The highest BCUT2D eigenvalue weighted by atomic mass is 15.2. The number of nitrogens with zero attached hydrogens (tertiary/aromatic N) is 6. The summed E-state index contributed by atoms with van der Waals surface area (Å²) in [5.41, 5.74) is 11.8. The fourth-order valence-corrected chi connectivity index (χ4v) is 11.2. The maximum Gasteiger partial charge on any atom is 0.166 e. The van der Waals surface area contributed by atoms with Gasteiger partial charge in [-0.3, -0.25) is 9.13 Å². The highest BCUT2D eigenvalue weighted by Crippen LogP contribution is 2.43. The summed E-state index contributed by atoms with van der Waals surface area (Å²) in [7, 11) is 0. The molecule has 0 saturated carbocycles. The van der Waals surface area contributed by atoms with Crippen LogP contribution in [0.5, 0.6) is 0 Å². The van der Waals surface area contributed by atoms with Gasteiger partial charge in [0.25, 0.3) is 0 Å². The van der Waals surface area contributed by atoms with E-state index in [4.69, 9.17) is 12.7 Å². The van der Waals surface area contributed by atoms with Crippen LogP contribution < -0.4 is 0 Å². The molecule has 0 fully saturated rings. The van der Waals surface area contributed by atoms with E-state index in [9.17, 15) is 2.74 Å². The zero-order valence-electron chi connectivity index (χ0n) is 41.5. The van der Waals surface area contributed by atoms with E-state index in [1.807, 2.05) is 47.0 Å². The van der Waals surface area contributed by atoms with Crippen molar-refractivity contribution in [3.05, 3.63) is 243 Å². The van der Waals surface area contributed by atoms with Gasteiger partial charge in [-0.1, -0.05) is 170 Å². The first kappa shape index (κ1) is 34.7. The van der Waals surface area contributed by atoms with Crippen molar-refractivity contribution in [3.8, 4) is 45.5 Å². The number of rotatable bonds is 6. The molecule has 15 aromatic rings. The first-order valence-electron chi connectivity index (χ1n) is 25.5. The predicted molar refractivity (Wildman–Crippen MR) is 290 cm³/mol. The van der Waals surface area contributed by atoms with Crippen LogP contribution in [0.15, 0.2) is 243 Å². The molecule has 15 rings (SSSR count). The number of hydrogen-bond donors (Lipinski definition) is 0. The van der Waals surface area contributed by atoms with E-state index in [-0.39, 0.29) is 24.2 Å². The molecular formula is C64H40N6. The van der Waals surface area contributed by atoms with Crippen molar-refractivity contribution in [3.63, 3.8) is 0 Å². The SMILES string of the molecule is [2H]c1c([2H])c([2H])c2c(c1[2H])c1ccccc1n2-c1cc(-n2c3ccccc3c3ccccc32)nc(-c2c(-c3cccc(-n4c5ccccc5c5ccccc54)c3)cccc2-n2c3ccccc3c3ccccc32)n1. The van der Waals surface area contributed by atoms with Gasteiger partial charge in [0.2, 0.25) is 0 Å². The van der Waals surface area contributed by atoms with Crippen LogP contribution in [-0.2, 0) is 0 Å². The van der Waals surface area contributed by atoms with Crippen LogP contribution in [0.3, 0.4) is 0 Å². The zero-order chi connectivity index (χ0) is 49.3. The van der Waals surface area contributed by atoms with Crippen LogP contribution in [0.2, 0.25) is 0 Å². The third-order valence-corrected chi connectivity index (χ3v) is 14.1. The molecule has 5 aromatic heterocycles. The van der Waals surface area contributed by atoms with Crippen molar-refractivity contribution >= 4 is 87.2 Å². The smallest absolute Gasteiger partial charge is 0.166 e. The molecule has 0 radical (unpaired) electrons. The van der Waals surface area contributed by atoms with Gasteiger partial charge in [0.05, 0.1) is 60.9 Å². The highest BCUT2D eigenvalue weighted by molar-refractivity contribution is 6.13. The van der Waals surface area contributed by atoms with Crippen molar-refractivity contribution in [2.45, 2.75) is 0 Å². The third kappa shape index (κ3) is 5.56. The van der Waals surface area contributed by atoms with Gasteiger partial charge in [0.15, 0.2) is 5.82 Å². The van der Waals surface area contributed by atoms with Crippen molar-refractivity contribution < 1.29 is 5.48 Å². The van der Waals surface area contributed by atoms with Gasteiger partial charge >= 0.3 is 0 Å². The highest BCUT2D eigenvalue weighted by Gasteiger charge is 2.25. The predicted octanol–water partition coefficient (Wildman–Crippen LogP) is 16.2. The summed E-state index contributed by atoms with van der Waals surface area (Å²) < 4.78 is 45.3. The Morgan fingerprint density at radius 3 is 1.21 bits per heavy atom. The van der Waals surface area contributed by atoms with E-state index in [1.54, 1.807) is 0 Å². The van der Waals surface area contributed by atoms with Gasteiger partial charge in [0.1, 0.15) is 11.6 Å². The second kappa shape index (κ2) is 15.0. The molecule has 0 spiro atoms. The Hall–Kier alpha value is -9.52. The molecule has 0 unspecified atom stereocenters. The van der Waals surface area contributed by atoms with Gasteiger partial charge in [0, 0.05) is 54.8 Å². The van der Waals surface area contributed by atoms with Crippen LogP contribution in [-0.4, -0.2) is 28.2 Å². The second-order valence-corrected chi connectivity index (χ2v) is 17.8. The molecule has 0 aliphatic heterocycles. The van der Waals surface area contributed by atoms with Crippen LogP contribution >= 0.6 is 0 Å². The average Bonchev–Trinajstić information content (AvgIpc) is 4.20. The van der Waals surface area contributed by atoms with E-state index >= 15 is 0 Å². The summed E-state index contributed by atoms with van der Waals surface area (Å²) in [5.74, 6) is 1.47. The summed E-state index contributed by atoms with van der Waals surface area (Å²) in [6.07, 6.45) is 0. The molecule has 6 nitrogen and oxygen atoms in total. The van der Waals surface area contributed by atoms with Crippen LogP contribution in [0, 0.1) is 0 Å². The Morgan fingerprint density at radius 1 is 0.314 bits per heavy atom. The number of benzene rings is 10. The molecule has 5 heterocycles. The van der Waals surface area contributed by atoms with Gasteiger partial charge in [-0.15, -0.1) is 0 Å². The lowest BCUT2D eigenvalue weighted by atomic mass is 9.96. The molecule has 10 aromatic carbocycles.